The molecule has 3 heterocycles. The molecule has 0 unspecified atom stereocenters. The van der Waals surface area contributed by atoms with Crippen LogP contribution in [0.4, 0.5) is 22.7 Å². The van der Waals surface area contributed by atoms with Crippen molar-refractivity contribution in [2.24, 2.45) is 0 Å². The topological polar surface area (TPSA) is 33.1 Å². The Kier molecular flexibility index (Phi) is 9.31. The SMILES string of the molecule is [2H]c1c([2H])c([2H])c(-c2cccc(-c3ccc4c(c3)-c3ccccc3C4(c3ccccc3)c3ccccc3)c2[N+]2=C=[N+](c3cccc(Oc4ccc5c6ccccc6n(-c6cc(C(C)(C)C)ccn6)c5c4)c3)c3ccccc32)c([2H])c1[2H]. The van der Waals surface area contributed by atoms with Gasteiger partial charge in [0.15, 0.2) is 0 Å². The number of fused-ring (bicyclic) bond motifs is 7. The third kappa shape index (κ3) is 7.20. The number of nitrogens with zero attached hydrogens (tertiary/aromatic N) is 4. The maximum absolute atomic E-state index is 9.36. The fourth-order valence-electron chi connectivity index (χ4n) is 11.7. The Hall–Kier alpha value is -9.67. The van der Waals surface area contributed by atoms with Gasteiger partial charge in [0, 0.05) is 41.2 Å². The molecule has 0 spiro atoms. The molecule has 76 heavy (non-hydrogen) atoms. The van der Waals surface area contributed by atoms with Crippen molar-refractivity contribution in [2.75, 3.05) is 0 Å². The van der Waals surface area contributed by atoms with E-state index in [4.69, 9.17) is 13.8 Å². The average molecular weight is 982 g/mol. The van der Waals surface area contributed by atoms with Gasteiger partial charge in [-0.3, -0.25) is 4.57 Å². The maximum atomic E-state index is 9.36. The summed E-state index contributed by atoms with van der Waals surface area (Å²) < 4.78 is 58.0. The molecule has 2 aliphatic rings. The Bertz CT molecular complexity index is 4580. The summed E-state index contributed by atoms with van der Waals surface area (Å²) >= 11 is 0. The van der Waals surface area contributed by atoms with Crippen molar-refractivity contribution < 1.29 is 11.6 Å². The lowest BCUT2D eigenvalue weighted by atomic mass is 9.67. The third-order valence-electron chi connectivity index (χ3n) is 15.2. The van der Waals surface area contributed by atoms with Gasteiger partial charge in [-0.1, -0.05) is 191 Å². The third-order valence-corrected chi connectivity index (χ3v) is 15.2. The monoisotopic (exact) mass is 981 g/mol. The molecule has 12 aromatic rings. The molecule has 2 aromatic heterocycles. The van der Waals surface area contributed by atoms with E-state index in [9.17, 15) is 2.74 Å². The van der Waals surface area contributed by atoms with E-state index in [1.807, 2.05) is 88.1 Å². The number of hydrogen-bond donors (Lipinski definition) is 0. The number of hydrogen-bond acceptors (Lipinski definition) is 2. The summed E-state index contributed by atoms with van der Waals surface area (Å²) in [4.78, 5) is 4.89. The van der Waals surface area contributed by atoms with Crippen molar-refractivity contribution in [1.29, 1.82) is 0 Å². The first kappa shape index (κ1) is 39.8. The van der Waals surface area contributed by atoms with Crippen LogP contribution in [-0.4, -0.2) is 15.6 Å². The van der Waals surface area contributed by atoms with Crippen molar-refractivity contribution in [2.45, 2.75) is 31.6 Å². The van der Waals surface area contributed by atoms with E-state index in [0.717, 1.165) is 83.6 Å². The van der Waals surface area contributed by atoms with E-state index in [1.54, 1.807) is 0 Å². The number of ether oxygens (including phenoxy) is 1. The standard InChI is InChI=1S/C71H52N4O/c1-70(2,3)52-41-42-72-68(44-52)75-64-34-16-14-30-59(64)60-39-38-55(46-67(60)75)76-54-28-19-27-53(45-54)73-47-74(66-36-18-17-35-65(66)73)69-56(48-21-7-4-8-22-48)31-20-32-57(69)49-37-40-63-61(43-49)58-29-13-15-33-62(58)71(63,50-23-9-5-10-24-50)51-25-11-6-12-26-51/h4-46H,1-3H3/q+2/i4D,7D,8D,21D,22D. The number of aromatic nitrogens is 2. The van der Waals surface area contributed by atoms with Gasteiger partial charge in [0.25, 0.3) is 11.4 Å². The summed E-state index contributed by atoms with van der Waals surface area (Å²) in [7, 11) is 0. The molecular weight excluding hydrogens is 925 g/mol. The van der Waals surface area contributed by atoms with Gasteiger partial charge in [-0.05, 0) is 119 Å². The average Bonchev–Trinajstić information content (AvgIpc) is 4.37. The normalized spacial score (nSPS) is 14.2. The van der Waals surface area contributed by atoms with Crippen LogP contribution in [-0.2, 0) is 10.8 Å². The Morgan fingerprint density at radius 2 is 1.13 bits per heavy atom. The van der Waals surface area contributed by atoms with E-state index >= 15 is 0 Å². The molecule has 0 N–H and O–H groups in total. The van der Waals surface area contributed by atoms with Gasteiger partial charge in [-0.2, -0.15) is 0 Å². The van der Waals surface area contributed by atoms with E-state index in [0.29, 0.717) is 22.7 Å². The Morgan fingerprint density at radius 3 is 1.91 bits per heavy atom. The highest BCUT2D eigenvalue weighted by atomic mass is 16.5. The fourth-order valence-corrected chi connectivity index (χ4v) is 11.7. The smallest absolute Gasteiger partial charge is 0.457 e. The van der Waals surface area contributed by atoms with Crippen LogP contribution in [0, 0.1) is 0 Å². The minimum absolute atomic E-state index is 0.0659. The molecule has 0 saturated carbocycles. The number of pyridine rings is 1. The number of para-hydroxylation sites is 4. The van der Waals surface area contributed by atoms with Crippen molar-refractivity contribution in [3.05, 3.63) is 289 Å². The second-order valence-corrected chi connectivity index (χ2v) is 20.5. The summed E-state index contributed by atoms with van der Waals surface area (Å²) in [5.74, 6) is 2.11. The summed E-state index contributed by atoms with van der Waals surface area (Å²) in [5.41, 5.74) is 14.6. The van der Waals surface area contributed by atoms with Gasteiger partial charge in [-0.15, -0.1) is 0 Å². The first-order valence-corrected chi connectivity index (χ1v) is 25.7. The molecule has 1 aliphatic heterocycles. The molecule has 0 atom stereocenters. The predicted molar refractivity (Wildman–Crippen MR) is 313 cm³/mol. The van der Waals surface area contributed by atoms with Crippen molar-refractivity contribution in [3.63, 3.8) is 0 Å². The molecule has 0 bridgehead atoms. The van der Waals surface area contributed by atoms with Crippen LogP contribution in [0.1, 0.15) is 55.4 Å². The van der Waals surface area contributed by atoms with Gasteiger partial charge in [0.2, 0.25) is 11.4 Å². The summed E-state index contributed by atoms with van der Waals surface area (Å²) in [6, 6.07) is 79.2. The lowest BCUT2D eigenvalue weighted by Gasteiger charge is -2.33. The highest BCUT2D eigenvalue weighted by Gasteiger charge is 2.46. The molecule has 0 amide bonds. The Balaban J connectivity index is 0.949. The van der Waals surface area contributed by atoms with Gasteiger partial charge in [0.1, 0.15) is 17.3 Å². The number of rotatable bonds is 9. The zero-order chi connectivity index (χ0) is 55.3. The molecule has 0 saturated heterocycles. The maximum Gasteiger partial charge on any atom is 0.503 e. The van der Waals surface area contributed by atoms with Crippen LogP contribution in [0.5, 0.6) is 11.5 Å². The van der Waals surface area contributed by atoms with Gasteiger partial charge in [-0.25, -0.2) is 4.98 Å². The van der Waals surface area contributed by atoms with Crippen LogP contribution < -0.4 is 13.9 Å². The van der Waals surface area contributed by atoms with Crippen LogP contribution in [0.2, 0.25) is 0 Å². The molecule has 14 rings (SSSR count). The predicted octanol–water partition coefficient (Wildman–Crippen LogP) is 17.8. The minimum Gasteiger partial charge on any atom is -0.457 e. The lowest BCUT2D eigenvalue weighted by molar-refractivity contribution is 0.483. The first-order chi connectivity index (χ1) is 39.4. The Morgan fingerprint density at radius 1 is 0.500 bits per heavy atom. The molecule has 5 nitrogen and oxygen atoms in total. The van der Waals surface area contributed by atoms with Crippen LogP contribution in [0.25, 0.3) is 61.0 Å². The second-order valence-electron chi connectivity index (χ2n) is 20.5. The lowest BCUT2D eigenvalue weighted by Crippen LogP contribution is -2.28. The fraction of sp³-hybridized carbons (Fsp3) is 0.0704. The van der Waals surface area contributed by atoms with Crippen molar-refractivity contribution >= 4 is 50.6 Å². The summed E-state index contributed by atoms with van der Waals surface area (Å²) in [6.45, 7) is 6.63. The summed E-state index contributed by atoms with van der Waals surface area (Å²) in [6.07, 6.45) is 1.89. The van der Waals surface area contributed by atoms with Gasteiger partial charge in [0.05, 0.1) is 40.5 Å². The van der Waals surface area contributed by atoms with E-state index < -0.39 is 23.5 Å². The molecular formula is C71H52N4O+2. The molecule has 10 aromatic carbocycles. The van der Waals surface area contributed by atoms with Crippen LogP contribution in [0.15, 0.2) is 261 Å². The molecule has 0 radical (unpaired) electrons. The highest BCUT2D eigenvalue weighted by Crippen LogP contribution is 2.57. The van der Waals surface area contributed by atoms with Crippen LogP contribution >= 0.6 is 0 Å². The molecule has 360 valence electrons. The Labute approximate surface area is 449 Å². The first-order valence-electron chi connectivity index (χ1n) is 28.2. The zero-order valence-electron chi connectivity index (χ0n) is 47.1. The number of benzene rings is 10. The molecule has 1 aliphatic carbocycles. The largest absolute Gasteiger partial charge is 0.503 e. The second kappa shape index (κ2) is 17.8. The van der Waals surface area contributed by atoms with E-state index in [-0.39, 0.29) is 23.1 Å². The van der Waals surface area contributed by atoms with Crippen molar-refractivity contribution in [1.82, 2.24) is 18.7 Å². The molecule has 0 fully saturated rings. The zero-order valence-corrected chi connectivity index (χ0v) is 42.1. The van der Waals surface area contributed by atoms with Crippen molar-refractivity contribution in [3.8, 4) is 50.7 Å². The quantitative estimate of drug-likeness (QED) is 0.135. The highest BCUT2D eigenvalue weighted by molar-refractivity contribution is 6.09. The summed E-state index contributed by atoms with van der Waals surface area (Å²) in [5, 5.41) is 2.21. The molecule has 5 heteroatoms. The van der Waals surface area contributed by atoms with E-state index in [2.05, 4.69) is 183 Å². The van der Waals surface area contributed by atoms with Gasteiger partial charge < -0.3 is 4.74 Å². The van der Waals surface area contributed by atoms with E-state index in [1.165, 1.54) is 11.1 Å². The minimum atomic E-state index is -0.609. The van der Waals surface area contributed by atoms with Gasteiger partial charge >= 0.3 is 6.01 Å². The van der Waals surface area contributed by atoms with Crippen LogP contribution in [0.3, 0.4) is 0 Å².